The van der Waals surface area contributed by atoms with E-state index < -0.39 is 0 Å². The van der Waals surface area contributed by atoms with E-state index in [2.05, 4.69) is 20.4 Å². The van der Waals surface area contributed by atoms with Gasteiger partial charge in [-0.05, 0) is 31.9 Å². The molecule has 2 aromatic heterocycles. The molecular weight excluding hydrogens is 280 g/mol. The molecule has 0 saturated heterocycles. The second-order valence-electron chi connectivity index (χ2n) is 5.72. The molecule has 3 rings (SSSR count). The van der Waals surface area contributed by atoms with Crippen LogP contribution in [-0.4, -0.2) is 38.7 Å². The number of nitrogens with zero attached hydrogens (tertiary/aromatic N) is 5. The van der Waals surface area contributed by atoms with Crippen LogP contribution in [0.15, 0.2) is 27.8 Å². The Bertz CT molecular complexity index is 641. The molecule has 1 saturated carbocycles. The predicted octanol–water partition coefficient (Wildman–Crippen LogP) is 1.46. The van der Waals surface area contributed by atoms with Gasteiger partial charge in [-0.3, -0.25) is 0 Å². The van der Waals surface area contributed by atoms with E-state index in [0.29, 0.717) is 19.1 Å². The maximum absolute atomic E-state index is 5.41. The van der Waals surface area contributed by atoms with Crippen LogP contribution >= 0.6 is 0 Å². The molecule has 0 bridgehead atoms. The maximum atomic E-state index is 5.41. The van der Waals surface area contributed by atoms with E-state index >= 15 is 0 Å². The van der Waals surface area contributed by atoms with Gasteiger partial charge in [0.15, 0.2) is 11.8 Å². The zero-order chi connectivity index (χ0) is 15.5. The number of aliphatic imine (C=N–C) groups is 1. The van der Waals surface area contributed by atoms with Crippen molar-refractivity contribution in [2.24, 2.45) is 12.0 Å². The van der Waals surface area contributed by atoms with Crippen LogP contribution < -0.4 is 5.32 Å². The molecule has 0 aromatic carbocycles. The number of guanidine groups is 1. The summed E-state index contributed by atoms with van der Waals surface area (Å²) in [5, 5.41) is 11.7. The Balaban J connectivity index is 1.70. The van der Waals surface area contributed by atoms with Crippen molar-refractivity contribution in [1.82, 2.24) is 25.0 Å². The van der Waals surface area contributed by atoms with Crippen molar-refractivity contribution in [2.45, 2.75) is 38.9 Å². The normalized spacial score (nSPS) is 15.1. The average Bonchev–Trinajstić information content (AvgIpc) is 3.08. The van der Waals surface area contributed by atoms with Gasteiger partial charge in [0.05, 0.1) is 12.8 Å². The lowest BCUT2D eigenvalue weighted by molar-refractivity contribution is 0.399. The molecule has 22 heavy (non-hydrogen) atoms. The third kappa shape index (κ3) is 3.47. The molecule has 1 fully saturated rings. The topological polar surface area (TPSA) is 71.5 Å². The molecule has 7 heteroatoms. The molecule has 0 amide bonds. The number of rotatable bonds is 5. The summed E-state index contributed by atoms with van der Waals surface area (Å²) >= 11 is 0. The first-order valence-electron chi connectivity index (χ1n) is 7.53. The maximum Gasteiger partial charge on any atom is 0.194 e. The highest BCUT2D eigenvalue weighted by atomic mass is 16.3. The largest absolute Gasteiger partial charge is 0.467 e. The fourth-order valence-electron chi connectivity index (χ4n) is 2.13. The number of aromatic nitrogens is 3. The standard InChI is InChI=1S/C15H22N6O/c1-11-18-19-14(21(11)3)9-16-15(17-12-6-7-12)20(2)10-13-5-4-8-22-13/h4-5,8,12H,6-7,9-10H2,1-3H3,(H,16,17). The van der Waals surface area contributed by atoms with Gasteiger partial charge in [-0.25, -0.2) is 4.99 Å². The molecule has 7 nitrogen and oxygen atoms in total. The molecular formula is C15H22N6O. The summed E-state index contributed by atoms with van der Waals surface area (Å²) in [6.07, 6.45) is 4.10. The zero-order valence-corrected chi connectivity index (χ0v) is 13.3. The third-order valence-corrected chi connectivity index (χ3v) is 3.80. The quantitative estimate of drug-likeness (QED) is 0.669. The van der Waals surface area contributed by atoms with E-state index in [1.54, 1.807) is 6.26 Å². The molecule has 0 aliphatic heterocycles. The van der Waals surface area contributed by atoms with Gasteiger partial charge in [-0.15, -0.1) is 10.2 Å². The van der Waals surface area contributed by atoms with E-state index in [1.807, 2.05) is 37.7 Å². The van der Waals surface area contributed by atoms with Crippen LogP contribution in [0.4, 0.5) is 0 Å². The zero-order valence-electron chi connectivity index (χ0n) is 13.3. The Kier molecular flexibility index (Phi) is 4.13. The molecule has 0 radical (unpaired) electrons. The second-order valence-corrected chi connectivity index (χ2v) is 5.72. The van der Waals surface area contributed by atoms with Gasteiger partial charge in [-0.1, -0.05) is 0 Å². The molecule has 0 spiro atoms. The molecule has 2 heterocycles. The van der Waals surface area contributed by atoms with Crippen LogP contribution in [0, 0.1) is 6.92 Å². The van der Waals surface area contributed by atoms with E-state index in [9.17, 15) is 0 Å². The van der Waals surface area contributed by atoms with Gasteiger partial charge in [0.1, 0.15) is 18.1 Å². The van der Waals surface area contributed by atoms with Crippen LogP contribution in [0.1, 0.15) is 30.3 Å². The summed E-state index contributed by atoms with van der Waals surface area (Å²) in [7, 11) is 3.97. The highest BCUT2D eigenvalue weighted by Crippen LogP contribution is 2.19. The second kappa shape index (κ2) is 6.21. The minimum absolute atomic E-state index is 0.509. The monoisotopic (exact) mass is 302 g/mol. The molecule has 1 N–H and O–H groups in total. The van der Waals surface area contributed by atoms with Gasteiger partial charge in [-0.2, -0.15) is 0 Å². The smallest absolute Gasteiger partial charge is 0.194 e. The Morgan fingerprint density at radius 3 is 2.91 bits per heavy atom. The van der Waals surface area contributed by atoms with Crippen LogP contribution in [0.2, 0.25) is 0 Å². The molecule has 0 unspecified atom stereocenters. The fraction of sp³-hybridized carbons (Fsp3) is 0.533. The van der Waals surface area contributed by atoms with Crippen molar-refractivity contribution in [2.75, 3.05) is 7.05 Å². The molecule has 1 aliphatic rings. The van der Waals surface area contributed by atoms with Gasteiger partial charge in [0, 0.05) is 20.1 Å². The summed E-state index contributed by atoms with van der Waals surface area (Å²) in [5.74, 6) is 3.55. The molecule has 0 atom stereocenters. The lowest BCUT2D eigenvalue weighted by Crippen LogP contribution is -2.39. The molecule has 1 aliphatic carbocycles. The van der Waals surface area contributed by atoms with Crippen LogP contribution in [0.5, 0.6) is 0 Å². The lowest BCUT2D eigenvalue weighted by atomic mass is 10.4. The number of aryl methyl sites for hydroxylation is 1. The Labute approximate surface area is 130 Å². The van der Waals surface area contributed by atoms with Gasteiger partial charge in [0.25, 0.3) is 0 Å². The molecule has 2 aromatic rings. The van der Waals surface area contributed by atoms with Crippen molar-refractivity contribution in [1.29, 1.82) is 0 Å². The van der Waals surface area contributed by atoms with E-state index in [1.165, 1.54) is 12.8 Å². The highest BCUT2D eigenvalue weighted by Gasteiger charge is 2.24. The minimum atomic E-state index is 0.509. The summed E-state index contributed by atoms with van der Waals surface area (Å²) in [6.45, 7) is 3.13. The summed E-state index contributed by atoms with van der Waals surface area (Å²) < 4.78 is 7.37. The van der Waals surface area contributed by atoms with Crippen molar-refractivity contribution in [3.05, 3.63) is 35.8 Å². The third-order valence-electron chi connectivity index (χ3n) is 3.80. The van der Waals surface area contributed by atoms with E-state index in [0.717, 1.165) is 23.4 Å². The first-order valence-corrected chi connectivity index (χ1v) is 7.53. The van der Waals surface area contributed by atoms with Gasteiger partial charge in [0.2, 0.25) is 0 Å². The van der Waals surface area contributed by atoms with E-state index in [4.69, 9.17) is 9.41 Å². The Hall–Kier alpha value is -2.31. The summed E-state index contributed by atoms with van der Waals surface area (Å²) in [6, 6.07) is 4.41. The van der Waals surface area contributed by atoms with Crippen LogP contribution in [0.3, 0.4) is 0 Å². The fourth-order valence-corrected chi connectivity index (χ4v) is 2.13. The van der Waals surface area contributed by atoms with Crippen molar-refractivity contribution in [3.8, 4) is 0 Å². The number of hydrogen-bond donors (Lipinski definition) is 1. The summed E-state index contributed by atoms with van der Waals surface area (Å²) in [5.41, 5.74) is 0. The lowest BCUT2D eigenvalue weighted by Gasteiger charge is -2.21. The van der Waals surface area contributed by atoms with Crippen molar-refractivity contribution >= 4 is 5.96 Å². The van der Waals surface area contributed by atoms with Gasteiger partial charge >= 0.3 is 0 Å². The molecule has 118 valence electrons. The predicted molar refractivity (Wildman–Crippen MR) is 83.2 cm³/mol. The highest BCUT2D eigenvalue weighted by molar-refractivity contribution is 5.80. The Morgan fingerprint density at radius 1 is 1.50 bits per heavy atom. The van der Waals surface area contributed by atoms with Gasteiger partial charge < -0.3 is 19.2 Å². The first kappa shape index (κ1) is 14.6. The van der Waals surface area contributed by atoms with Crippen LogP contribution in [0.25, 0.3) is 0 Å². The summed E-state index contributed by atoms with van der Waals surface area (Å²) in [4.78, 5) is 6.77. The van der Waals surface area contributed by atoms with E-state index in [-0.39, 0.29) is 0 Å². The Morgan fingerprint density at radius 2 is 2.32 bits per heavy atom. The SMILES string of the molecule is Cc1nnc(CN=C(NC2CC2)N(C)Cc2ccco2)n1C. The van der Waals surface area contributed by atoms with Crippen LogP contribution in [-0.2, 0) is 20.1 Å². The van der Waals surface area contributed by atoms with Crippen molar-refractivity contribution < 1.29 is 4.42 Å². The number of nitrogens with one attached hydrogen (secondary N) is 1. The van der Waals surface area contributed by atoms with Crippen molar-refractivity contribution in [3.63, 3.8) is 0 Å². The average molecular weight is 302 g/mol. The number of furan rings is 1. The first-order chi connectivity index (χ1) is 10.6. The number of hydrogen-bond acceptors (Lipinski definition) is 4. The minimum Gasteiger partial charge on any atom is -0.467 e.